The maximum absolute atomic E-state index is 16.5. The van der Waals surface area contributed by atoms with Crippen molar-refractivity contribution in [1.82, 2.24) is 9.78 Å². The number of hydrogen-bond donors (Lipinski definition) is 3. The van der Waals surface area contributed by atoms with E-state index in [1.807, 2.05) is 48.1 Å². The number of halogens is 1. The highest BCUT2D eigenvalue weighted by Crippen LogP contribution is 2.71. The molecule has 1 aromatic heterocycles. The third kappa shape index (κ3) is 4.54. The van der Waals surface area contributed by atoms with Crippen molar-refractivity contribution in [2.24, 2.45) is 28.6 Å². The normalized spacial score (nSPS) is 37.5. The molecule has 8 rings (SSSR count). The molecule has 5 aliphatic rings. The first-order valence-corrected chi connectivity index (χ1v) is 17.3. The van der Waals surface area contributed by atoms with Gasteiger partial charge in [-0.25, -0.2) is 9.07 Å². The van der Waals surface area contributed by atoms with E-state index in [-0.39, 0.29) is 24.2 Å². The Morgan fingerprint density at radius 3 is 2.52 bits per heavy atom. The number of rotatable bonds is 6. The van der Waals surface area contributed by atoms with Crippen LogP contribution in [0.2, 0.25) is 0 Å². The lowest BCUT2D eigenvalue weighted by Gasteiger charge is -2.61. The summed E-state index contributed by atoms with van der Waals surface area (Å²) in [7, 11) is 0. The van der Waals surface area contributed by atoms with E-state index in [1.165, 1.54) is 11.1 Å². The third-order valence-corrected chi connectivity index (χ3v) is 12.6. The molecule has 254 valence electrons. The number of ketones is 1. The maximum atomic E-state index is 16.5. The highest BCUT2D eigenvalue weighted by Gasteiger charge is 2.77. The molecule has 48 heavy (non-hydrogen) atoms. The average molecular weight is 656 g/mol. The number of nitrogens with one attached hydrogen (secondary N) is 1. The van der Waals surface area contributed by atoms with Crippen LogP contribution < -0.4 is 5.32 Å². The minimum Gasteiger partial charge on any atom is -0.393 e. The molecule has 9 heteroatoms. The summed E-state index contributed by atoms with van der Waals surface area (Å²) in [6.45, 7) is 9.81. The van der Waals surface area contributed by atoms with Gasteiger partial charge in [0.15, 0.2) is 17.2 Å². The molecule has 0 bridgehead atoms. The molecular weight excluding hydrogens is 609 g/mol. The summed E-state index contributed by atoms with van der Waals surface area (Å²) in [5.41, 5.74) is 4.07. The third-order valence-electron chi connectivity index (χ3n) is 12.6. The molecule has 3 saturated carbocycles. The number of Topliss-reactive ketones (excluding diaryl/α,β-unsaturated/α-hetero) is 1. The number of anilines is 1. The first kappa shape index (κ1) is 31.9. The lowest BCUT2D eigenvalue weighted by atomic mass is 9.45. The molecule has 4 aliphatic carbocycles. The second-order valence-corrected chi connectivity index (χ2v) is 15.9. The standard InChI is InChI=1S/C39H46FN3O5/c1-22-6-8-23(9-7-22)19-41-25-10-12-26(13-11-25)43-20-24-17-37(4)29(15-31(24)42-43)30(40)14-27-28-16-34-39(33(46)21-44,48-36(2,3)47-34)38(28,5)18-32(45)35(27)37/h6-13,15,20,27-28,30,32,34-35,41,44-45H,14,16-19,21H2,1-5H3/t27-,28-,30-,32-,34+,35+,37-,38-,39+/m0/s1. The molecule has 1 aliphatic heterocycles. The van der Waals surface area contributed by atoms with E-state index < -0.39 is 53.0 Å². The van der Waals surface area contributed by atoms with Crippen LogP contribution in [0.5, 0.6) is 0 Å². The van der Waals surface area contributed by atoms with Crippen LogP contribution in [0.1, 0.15) is 69.3 Å². The second-order valence-electron chi connectivity index (χ2n) is 15.9. The minimum atomic E-state index is -1.38. The summed E-state index contributed by atoms with van der Waals surface area (Å²) >= 11 is 0. The van der Waals surface area contributed by atoms with Gasteiger partial charge in [0, 0.05) is 29.3 Å². The molecule has 0 unspecified atom stereocenters. The average Bonchev–Trinajstić information content (AvgIpc) is 3.65. The first-order valence-electron chi connectivity index (χ1n) is 17.3. The van der Waals surface area contributed by atoms with Gasteiger partial charge in [-0.2, -0.15) is 5.10 Å². The summed E-state index contributed by atoms with van der Waals surface area (Å²) in [5, 5.41) is 30.5. The zero-order valence-electron chi connectivity index (χ0n) is 28.4. The smallest absolute Gasteiger partial charge is 0.193 e. The molecule has 3 N–H and O–H groups in total. The van der Waals surface area contributed by atoms with Crippen molar-refractivity contribution >= 4 is 17.5 Å². The Hall–Kier alpha value is -3.37. The number of fused-ring (bicyclic) bond motifs is 8. The Balaban J connectivity index is 1.06. The zero-order valence-corrected chi connectivity index (χ0v) is 28.4. The van der Waals surface area contributed by atoms with Crippen LogP contribution in [-0.2, 0) is 27.2 Å². The van der Waals surface area contributed by atoms with Gasteiger partial charge in [0.05, 0.1) is 23.6 Å². The van der Waals surface area contributed by atoms with Gasteiger partial charge >= 0.3 is 0 Å². The molecule has 8 nitrogen and oxygen atoms in total. The molecule has 2 aromatic carbocycles. The van der Waals surface area contributed by atoms with Gasteiger partial charge in [0.25, 0.3) is 0 Å². The van der Waals surface area contributed by atoms with E-state index in [0.717, 1.165) is 29.2 Å². The number of carbonyl (C=O) groups excluding carboxylic acids is 1. The van der Waals surface area contributed by atoms with Crippen molar-refractivity contribution in [2.45, 2.75) is 96.6 Å². The number of aliphatic hydroxyl groups excluding tert-OH is 2. The Bertz CT molecular complexity index is 1790. The highest BCUT2D eigenvalue weighted by atomic mass is 19.1. The molecule has 0 amide bonds. The summed E-state index contributed by atoms with van der Waals surface area (Å²) in [6.07, 6.45) is 3.08. The summed E-state index contributed by atoms with van der Waals surface area (Å²) in [4.78, 5) is 13.5. The fourth-order valence-corrected chi connectivity index (χ4v) is 10.7. The predicted molar refractivity (Wildman–Crippen MR) is 180 cm³/mol. The van der Waals surface area contributed by atoms with Crippen LogP contribution in [0.3, 0.4) is 0 Å². The van der Waals surface area contributed by atoms with Gasteiger partial charge in [-0.15, -0.1) is 0 Å². The minimum absolute atomic E-state index is 0.110. The summed E-state index contributed by atoms with van der Waals surface area (Å²) < 4.78 is 31.1. The number of aromatic nitrogens is 2. The fourth-order valence-electron chi connectivity index (χ4n) is 10.7. The number of hydrogen-bond acceptors (Lipinski definition) is 7. The summed E-state index contributed by atoms with van der Waals surface area (Å²) in [6, 6.07) is 16.6. The fraction of sp³-hybridized carbons (Fsp3) is 0.538. The van der Waals surface area contributed by atoms with Gasteiger partial charge < -0.3 is 25.0 Å². The quantitative estimate of drug-likeness (QED) is 0.301. The molecule has 2 heterocycles. The number of allylic oxidation sites excluding steroid dienone is 1. The summed E-state index contributed by atoms with van der Waals surface area (Å²) in [5.74, 6) is -1.92. The molecule has 0 spiro atoms. The predicted octanol–water partition coefficient (Wildman–Crippen LogP) is 5.96. The monoisotopic (exact) mass is 655 g/mol. The van der Waals surface area contributed by atoms with Crippen LogP contribution in [0.25, 0.3) is 11.8 Å². The molecule has 1 saturated heterocycles. The Kier molecular flexibility index (Phi) is 7.18. The van der Waals surface area contributed by atoms with E-state index in [0.29, 0.717) is 24.8 Å². The Morgan fingerprint density at radius 1 is 1.08 bits per heavy atom. The number of aliphatic hydroxyl groups is 2. The van der Waals surface area contributed by atoms with Crippen molar-refractivity contribution in [3.8, 4) is 5.69 Å². The van der Waals surface area contributed by atoms with Gasteiger partial charge in [-0.05, 0) is 111 Å². The van der Waals surface area contributed by atoms with Crippen molar-refractivity contribution in [3.05, 3.63) is 82.7 Å². The molecule has 9 atom stereocenters. The van der Waals surface area contributed by atoms with Crippen molar-refractivity contribution in [2.75, 3.05) is 11.9 Å². The highest BCUT2D eigenvalue weighted by molar-refractivity contribution is 5.91. The van der Waals surface area contributed by atoms with Gasteiger partial charge in [-0.3, -0.25) is 4.79 Å². The first-order chi connectivity index (χ1) is 22.8. The number of nitrogens with zero attached hydrogens (tertiary/aromatic N) is 2. The second kappa shape index (κ2) is 10.8. The van der Waals surface area contributed by atoms with Gasteiger partial charge in [0.2, 0.25) is 0 Å². The number of aryl methyl sites for hydroxylation is 1. The SMILES string of the molecule is Cc1ccc(CNc2ccc(-n3cc4c(n3)C=C3[C@@H](F)C[C@@H]5[C@H]([C@@H](O)C[C@@]6(C)[C@H]5C[C@H]5OC(C)(C)O[C@]56C(=O)CO)[C@@]3(C)C4)cc2)cc1. The number of benzene rings is 2. The molecular formula is C39H46FN3O5. The van der Waals surface area contributed by atoms with Crippen molar-refractivity contribution in [1.29, 1.82) is 0 Å². The maximum Gasteiger partial charge on any atom is 0.193 e. The van der Waals surface area contributed by atoms with Crippen LogP contribution in [0.4, 0.5) is 10.1 Å². The van der Waals surface area contributed by atoms with Gasteiger partial charge in [-0.1, -0.05) is 43.7 Å². The zero-order chi connectivity index (χ0) is 33.8. The molecule has 4 fully saturated rings. The number of ether oxygens (including phenoxy) is 2. The van der Waals surface area contributed by atoms with Crippen LogP contribution in [0.15, 0.2) is 60.3 Å². The number of alkyl halides is 1. The van der Waals surface area contributed by atoms with Crippen LogP contribution >= 0.6 is 0 Å². The van der Waals surface area contributed by atoms with Crippen molar-refractivity contribution < 1.29 is 28.9 Å². The topological polar surface area (TPSA) is 106 Å². The van der Waals surface area contributed by atoms with Crippen LogP contribution in [-0.4, -0.2) is 62.2 Å². The Morgan fingerprint density at radius 2 is 1.81 bits per heavy atom. The van der Waals surface area contributed by atoms with E-state index in [2.05, 4.69) is 43.4 Å². The van der Waals surface area contributed by atoms with E-state index in [4.69, 9.17) is 14.6 Å². The van der Waals surface area contributed by atoms with Crippen LogP contribution in [0, 0.1) is 35.5 Å². The van der Waals surface area contributed by atoms with Gasteiger partial charge in [0.1, 0.15) is 12.8 Å². The lowest BCUT2D eigenvalue weighted by Crippen LogP contribution is -2.65. The van der Waals surface area contributed by atoms with E-state index in [9.17, 15) is 15.0 Å². The van der Waals surface area contributed by atoms with E-state index in [1.54, 1.807) is 13.8 Å². The van der Waals surface area contributed by atoms with E-state index >= 15 is 4.39 Å². The Labute approximate surface area is 281 Å². The lowest BCUT2D eigenvalue weighted by molar-refractivity contribution is -0.228. The number of carbonyl (C=O) groups is 1. The molecule has 3 aromatic rings. The largest absolute Gasteiger partial charge is 0.393 e. The molecule has 0 radical (unpaired) electrons. The van der Waals surface area contributed by atoms with Crippen molar-refractivity contribution in [3.63, 3.8) is 0 Å².